The molecule has 0 radical (unpaired) electrons. The average molecular weight is 475 g/mol. The van der Waals surface area contributed by atoms with Gasteiger partial charge in [-0.1, -0.05) is 0 Å². The van der Waals surface area contributed by atoms with E-state index in [1.54, 1.807) is 26.4 Å². The van der Waals surface area contributed by atoms with Crippen LogP contribution in [0.5, 0.6) is 11.5 Å². The molecule has 0 aromatic heterocycles. The molecular formula is C23H26N2O7S. The molecule has 1 saturated heterocycles. The van der Waals surface area contributed by atoms with E-state index in [0.717, 1.165) is 31.6 Å². The van der Waals surface area contributed by atoms with Gasteiger partial charge in [0.2, 0.25) is 10.0 Å². The number of hydrogen-bond donors (Lipinski definition) is 2. The number of hydrogen-bond acceptors (Lipinski definition) is 7. The Balaban J connectivity index is 1.81. The standard InChI is InChI=1S/C23H26N2O7S/c1-31-21-14-22(32-2)19(25-11-3-4-12-25)13-17(21)7-10-20(26)16-5-8-18(9-6-16)33(29,30)24-15-23(27)28/h5-10,13-14,24H,3-4,11-12,15H2,1-2H3,(H,27,28). The number of nitrogens with zero attached hydrogens (tertiary/aromatic N) is 1. The summed E-state index contributed by atoms with van der Waals surface area (Å²) in [4.78, 5) is 25.3. The van der Waals surface area contributed by atoms with Crippen molar-refractivity contribution in [2.24, 2.45) is 0 Å². The van der Waals surface area contributed by atoms with Gasteiger partial charge in [-0.25, -0.2) is 8.42 Å². The molecule has 2 aromatic carbocycles. The van der Waals surface area contributed by atoms with E-state index in [1.807, 2.05) is 10.8 Å². The van der Waals surface area contributed by atoms with Gasteiger partial charge in [0.1, 0.15) is 18.0 Å². The summed E-state index contributed by atoms with van der Waals surface area (Å²) in [5.41, 5.74) is 1.94. The molecule has 0 saturated carbocycles. The summed E-state index contributed by atoms with van der Waals surface area (Å²) in [5, 5.41) is 8.64. The molecule has 10 heteroatoms. The molecule has 33 heavy (non-hydrogen) atoms. The van der Waals surface area contributed by atoms with Crippen molar-refractivity contribution in [2.45, 2.75) is 17.7 Å². The third-order valence-corrected chi connectivity index (χ3v) is 6.67. The van der Waals surface area contributed by atoms with Gasteiger partial charge in [0.15, 0.2) is 5.78 Å². The molecule has 1 aliphatic heterocycles. The van der Waals surface area contributed by atoms with Crippen LogP contribution in [0.1, 0.15) is 28.8 Å². The van der Waals surface area contributed by atoms with E-state index in [-0.39, 0.29) is 16.2 Å². The Morgan fingerprint density at radius 3 is 2.27 bits per heavy atom. The Morgan fingerprint density at radius 1 is 1.06 bits per heavy atom. The van der Waals surface area contributed by atoms with Crippen molar-refractivity contribution in [3.8, 4) is 11.5 Å². The summed E-state index contributed by atoms with van der Waals surface area (Å²) in [5.74, 6) is -0.356. The Kier molecular flexibility index (Phi) is 7.72. The van der Waals surface area contributed by atoms with Gasteiger partial charge in [-0.05, 0) is 55.3 Å². The number of methoxy groups -OCH3 is 2. The summed E-state index contributed by atoms with van der Waals surface area (Å²) < 4.78 is 37.1. The summed E-state index contributed by atoms with van der Waals surface area (Å²) in [6.45, 7) is 1.14. The van der Waals surface area contributed by atoms with Crippen molar-refractivity contribution < 1.29 is 32.6 Å². The second-order valence-electron chi connectivity index (χ2n) is 7.40. The molecule has 9 nitrogen and oxygen atoms in total. The zero-order valence-electron chi connectivity index (χ0n) is 18.4. The van der Waals surface area contributed by atoms with Crippen LogP contribution in [0, 0.1) is 0 Å². The fourth-order valence-electron chi connectivity index (χ4n) is 3.54. The van der Waals surface area contributed by atoms with Crippen molar-refractivity contribution >= 4 is 33.5 Å². The number of benzene rings is 2. The minimum Gasteiger partial charge on any atom is -0.496 e. The number of ether oxygens (including phenoxy) is 2. The van der Waals surface area contributed by atoms with E-state index in [4.69, 9.17) is 14.6 Å². The maximum Gasteiger partial charge on any atom is 0.318 e. The van der Waals surface area contributed by atoms with Gasteiger partial charge in [0, 0.05) is 30.3 Å². The van der Waals surface area contributed by atoms with Crippen LogP contribution in [0.2, 0.25) is 0 Å². The molecule has 0 spiro atoms. The van der Waals surface area contributed by atoms with Gasteiger partial charge in [0.25, 0.3) is 0 Å². The van der Waals surface area contributed by atoms with Gasteiger partial charge >= 0.3 is 5.97 Å². The number of carboxylic acid groups (broad SMARTS) is 1. The zero-order valence-corrected chi connectivity index (χ0v) is 19.2. The molecule has 2 N–H and O–H groups in total. The van der Waals surface area contributed by atoms with Gasteiger partial charge in [0.05, 0.1) is 24.8 Å². The molecule has 0 amide bonds. The first-order chi connectivity index (χ1) is 15.7. The second kappa shape index (κ2) is 10.5. The highest BCUT2D eigenvalue weighted by Gasteiger charge is 2.19. The smallest absolute Gasteiger partial charge is 0.318 e. The monoisotopic (exact) mass is 474 g/mol. The van der Waals surface area contributed by atoms with E-state index in [1.165, 1.54) is 30.3 Å². The second-order valence-corrected chi connectivity index (χ2v) is 9.17. The molecule has 0 unspecified atom stereocenters. The summed E-state index contributed by atoms with van der Waals surface area (Å²) in [6, 6.07) is 8.99. The van der Waals surface area contributed by atoms with E-state index in [2.05, 4.69) is 4.90 Å². The van der Waals surface area contributed by atoms with Crippen LogP contribution in [0.3, 0.4) is 0 Å². The van der Waals surface area contributed by atoms with Crippen LogP contribution in [0.4, 0.5) is 5.69 Å². The lowest BCUT2D eigenvalue weighted by Crippen LogP contribution is -2.29. The van der Waals surface area contributed by atoms with Crippen molar-refractivity contribution in [1.29, 1.82) is 0 Å². The predicted octanol–water partition coefficient (Wildman–Crippen LogP) is 2.56. The molecule has 3 rings (SSSR count). The highest BCUT2D eigenvalue weighted by Crippen LogP contribution is 2.37. The highest BCUT2D eigenvalue weighted by molar-refractivity contribution is 7.89. The largest absolute Gasteiger partial charge is 0.496 e. The summed E-state index contributed by atoms with van der Waals surface area (Å²) in [6.07, 6.45) is 5.26. The van der Waals surface area contributed by atoms with Crippen LogP contribution >= 0.6 is 0 Å². The topological polar surface area (TPSA) is 122 Å². The molecule has 0 atom stereocenters. The first-order valence-corrected chi connectivity index (χ1v) is 11.8. The SMILES string of the molecule is COc1cc(OC)c(N2CCCC2)cc1C=CC(=O)c1ccc(S(=O)(=O)NCC(=O)O)cc1. The number of nitrogens with one attached hydrogen (secondary N) is 1. The quantitative estimate of drug-likeness (QED) is 0.398. The van der Waals surface area contributed by atoms with Crippen LogP contribution in [0.15, 0.2) is 47.4 Å². The van der Waals surface area contributed by atoms with Gasteiger partial charge in [-0.15, -0.1) is 0 Å². The fourth-order valence-corrected chi connectivity index (χ4v) is 4.52. The Bertz CT molecular complexity index is 1150. The number of ketones is 1. The number of aliphatic carboxylic acids is 1. The molecule has 1 fully saturated rings. The number of rotatable bonds is 10. The maximum atomic E-state index is 12.7. The highest BCUT2D eigenvalue weighted by atomic mass is 32.2. The van der Waals surface area contributed by atoms with Gasteiger partial charge < -0.3 is 19.5 Å². The Labute approximate surface area is 192 Å². The molecule has 1 aliphatic rings. The molecule has 0 aliphatic carbocycles. The minimum absolute atomic E-state index is 0.128. The maximum absolute atomic E-state index is 12.7. The lowest BCUT2D eigenvalue weighted by molar-refractivity contribution is -0.135. The Morgan fingerprint density at radius 2 is 1.70 bits per heavy atom. The third kappa shape index (κ3) is 5.91. The average Bonchev–Trinajstić information content (AvgIpc) is 3.35. The van der Waals surface area contributed by atoms with Crippen molar-refractivity contribution in [3.63, 3.8) is 0 Å². The van der Waals surface area contributed by atoms with Crippen LogP contribution in [0.25, 0.3) is 6.08 Å². The van der Waals surface area contributed by atoms with Gasteiger partial charge in [-0.3, -0.25) is 9.59 Å². The third-order valence-electron chi connectivity index (χ3n) is 5.25. The molecule has 176 valence electrons. The zero-order chi connectivity index (χ0) is 24.0. The first-order valence-electron chi connectivity index (χ1n) is 10.3. The van der Waals surface area contributed by atoms with Crippen LogP contribution < -0.4 is 19.1 Å². The van der Waals surface area contributed by atoms with E-state index in [9.17, 15) is 18.0 Å². The van der Waals surface area contributed by atoms with Crippen LogP contribution in [-0.2, 0) is 14.8 Å². The molecule has 1 heterocycles. The number of carbonyl (C=O) groups is 2. The van der Waals surface area contributed by atoms with E-state index in [0.29, 0.717) is 17.1 Å². The fraction of sp³-hybridized carbons (Fsp3) is 0.304. The van der Waals surface area contributed by atoms with Gasteiger partial charge in [-0.2, -0.15) is 4.72 Å². The predicted molar refractivity (Wildman–Crippen MR) is 124 cm³/mol. The summed E-state index contributed by atoms with van der Waals surface area (Å²) >= 11 is 0. The Hall–Kier alpha value is -3.37. The van der Waals surface area contributed by atoms with Crippen molar-refractivity contribution in [2.75, 3.05) is 38.8 Å². The van der Waals surface area contributed by atoms with E-state index >= 15 is 0 Å². The number of sulfonamides is 1. The number of carboxylic acids is 1. The van der Waals surface area contributed by atoms with Crippen molar-refractivity contribution in [3.05, 3.63) is 53.6 Å². The molecular weight excluding hydrogens is 448 g/mol. The van der Waals surface area contributed by atoms with E-state index < -0.39 is 22.5 Å². The number of anilines is 1. The number of carbonyl (C=O) groups excluding carboxylic acids is 1. The van der Waals surface area contributed by atoms with Crippen molar-refractivity contribution in [1.82, 2.24) is 4.72 Å². The normalized spacial score (nSPS) is 13.9. The summed E-state index contributed by atoms with van der Waals surface area (Å²) in [7, 11) is -0.827. The van der Waals surface area contributed by atoms with Crippen LogP contribution in [-0.4, -0.2) is 59.1 Å². The first kappa shape index (κ1) is 24.3. The minimum atomic E-state index is -3.97. The molecule has 2 aromatic rings. The lowest BCUT2D eigenvalue weighted by Gasteiger charge is -2.22. The number of allylic oxidation sites excluding steroid dienone is 1. The lowest BCUT2D eigenvalue weighted by atomic mass is 10.1. The molecule has 0 bridgehead atoms.